The van der Waals surface area contributed by atoms with E-state index < -0.39 is 5.97 Å². The Balaban J connectivity index is 2.12. The van der Waals surface area contributed by atoms with Gasteiger partial charge in [0.1, 0.15) is 0 Å². The van der Waals surface area contributed by atoms with Gasteiger partial charge in [0, 0.05) is 5.92 Å². The first-order valence-electron chi connectivity index (χ1n) is 5.86. The van der Waals surface area contributed by atoms with Crippen LogP contribution >= 0.6 is 0 Å². The van der Waals surface area contributed by atoms with E-state index in [9.17, 15) is 4.79 Å². The molecule has 0 heterocycles. The lowest BCUT2D eigenvalue weighted by Gasteiger charge is -2.10. The van der Waals surface area contributed by atoms with Crippen molar-refractivity contribution in [3.05, 3.63) is 70.8 Å². The van der Waals surface area contributed by atoms with Crippen molar-refractivity contribution in [2.45, 2.75) is 0 Å². The molecule has 1 aromatic rings. The lowest BCUT2D eigenvalue weighted by molar-refractivity contribution is 0.0697. The third-order valence-electron chi connectivity index (χ3n) is 3.24. The molecule has 0 saturated carbocycles. The van der Waals surface area contributed by atoms with E-state index in [1.807, 2.05) is 24.3 Å². The Bertz CT molecular complexity index is 630. The van der Waals surface area contributed by atoms with E-state index in [1.54, 1.807) is 12.1 Å². The zero-order valence-corrected chi connectivity index (χ0v) is 9.71. The van der Waals surface area contributed by atoms with Crippen LogP contribution in [-0.2, 0) is 0 Å². The molecule has 0 saturated heterocycles. The third-order valence-corrected chi connectivity index (χ3v) is 3.24. The number of carbonyl (C=O) groups is 1. The molecular weight excluding hydrogens is 224 g/mol. The van der Waals surface area contributed by atoms with Crippen molar-refractivity contribution >= 4 is 18.1 Å². The zero-order chi connectivity index (χ0) is 12.5. The summed E-state index contributed by atoms with van der Waals surface area (Å²) in [6, 6.07) is 5.23. The summed E-state index contributed by atoms with van der Waals surface area (Å²) in [4.78, 5) is 11.0. The molecule has 2 nitrogen and oxygen atoms in total. The molecule has 0 bridgehead atoms. The molecule has 1 unspecified atom stereocenters. The quantitative estimate of drug-likeness (QED) is 0.809. The Hall–Kier alpha value is -2.35. The van der Waals surface area contributed by atoms with Crippen LogP contribution < -0.4 is 0 Å². The molecule has 0 fully saturated rings. The van der Waals surface area contributed by atoms with E-state index >= 15 is 0 Å². The van der Waals surface area contributed by atoms with Crippen LogP contribution in [-0.4, -0.2) is 11.1 Å². The number of benzene rings is 1. The van der Waals surface area contributed by atoms with Crippen molar-refractivity contribution in [1.29, 1.82) is 0 Å². The number of aromatic carboxylic acids is 1. The highest BCUT2D eigenvalue weighted by atomic mass is 16.4. The van der Waals surface area contributed by atoms with Crippen LogP contribution in [0, 0.1) is 5.92 Å². The molecule has 0 spiro atoms. The Morgan fingerprint density at radius 2 is 1.94 bits per heavy atom. The van der Waals surface area contributed by atoms with Gasteiger partial charge in [-0.3, -0.25) is 0 Å². The van der Waals surface area contributed by atoms with Crippen LogP contribution in [0.25, 0.3) is 12.2 Å². The average molecular weight is 236 g/mol. The first-order valence-corrected chi connectivity index (χ1v) is 5.86. The van der Waals surface area contributed by atoms with Gasteiger partial charge in [-0.15, -0.1) is 0 Å². The fourth-order valence-electron chi connectivity index (χ4n) is 2.26. The summed E-state index contributed by atoms with van der Waals surface area (Å²) < 4.78 is 0. The minimum absolute atomic E-state index is 0.288. The van der Waals surface area contributed by atoms with Gasteiger partial charge < -0.3 is 5.11 Å². The summed E-state index contributed by atoms with van der Waals surface area (Å²) in [5.74, 6) is -0.601. The standard InChI is InChI=1S/C16H12O2/c17-16(18)15-8-7-13-9-12-4-2-1-3-11(12)5-6-14(13)10-15/h1-11H,(H,17,18). The predicted molar refractivity (Wildman–Crippen MR) is 72.2 cm³/mol. The van der Waals surface area contributed by atoms with Crippen molar-refractivity contribution in [2.75, 3.05) is 0 Å². The fourth-order valence-corrected chi connectivity index (χ4v) is 2.26. The van der Waals surface area contributed by atoms with Crippen LogP contribution in [0.5, 0.6) is 0 Å². The smallest absolute Gasteiger partial charge is 0.335 e. The number of carboxylic acids is 1. The maximum absolute atomic E-state index is 11.0. The minimum atomic E-state index is -0.889. The van der Waals surface area contributed by atoms with Gasteiger partial charge in [0.25, 0.3) is 0 Å². The van der Waals surface area contributed by atoms with E-state index in [-0.39, 0.29) is 5.92 Å². The molecule has 1 N–H and O–H groups in total. The molecule has 0 aromatic heterocycles. The Kier molecular flexibility index (Phi) is 2.49. The summed E-state index contributed by atoms with van der Waals surface area (Å²) in [6.07, 6.45) is 14.5. The Morgan fingerprint density at radius 3 is 2.78 bits per heavy atom. The molecule has 1 aromatic carbocycles. The van der Waals surface area contributed by atoms with Gasteiger partial charge in [-0.1, -0.05) is 48.6 Å². The van der Waals surface area contributed by atoms with Gasteiger partial charge in [-0.2, -0.15) is 0 Å². The van der Waals surface area contributed by atoms with Crippen LogP contribution in [0.15, 0.2) is 54.2 Å². The summed E-state index contributed by atoms with van der Waals surface area (Å²) >= 11 is 0. The monoisotopic (exact) mass is 236 g/mol. The van der Waals surface area contributed by atoms with E-state index in [2.05, 4.69) is 24.3 Å². The highest BCUT2D eigenvalue weighted by Gasteiger charge is 2.13. The second kappa shape index (κ2) is 4.15. The maximum Gasteiger partial charge on any atom is 0.335 e. The van der Waals surface area contributed by atoms with Crippen molar-refractivity contribution in [3.8, 4) is 0 Å². The SMILES string of the molecule is O=C(O)c1ccc2c(c1)C=CC1C=CC=CC1=C2. The molecule has 2 aliphatic rings. The normalized spacial score (nSPS) is 19.8. The second-order valence-electron chi connectivity index (χ2n) is 4.42. The highest BCUT2D eigenvalue weighted by molar-refractivity contribution is 5.89. The van der Waals surface area contributed by atoms with Crippen molar-refractivity contribution in [2.24, 2.45) is 5.92 Å². The number of rotatable bonds is 1. The molecule has 18 heavy (non-hydrogen) atoms. The number of hydrogen-bond donors (Lipinski definition) is 1. The molecule has 0 radical (unpaired) electrons. The van der Waals surface area contributed by atoms with Crippen LogP contribution in [0.2, 0.25) is 0 Å². The highest BCUT2D eigenvalue weighted by Crippen LogP contribution is 2.29. The van der Waals surface area contributed by atoms with Gasteiger partial charge in [-0.25, -0.2) is 4.79 Å². The second-order valence-corrected chi connectivity index (χ2v) is 4.42. The Labute approximate surface area is 105 Å². The largest absolute Gasteiger partial charge is 0.478 e. The summed E-state index contributed by atoms with van der Waals surface area (Å²) in [5.41, 5.74) is 3.58. The summed E-state index contributed by atoms with van der Waals surface area (Å²) in [5, 5.41) is 9.00. The molecule has 2 heteroatoms. The molecule has 0 aliphatic heterocycles. The van der Waals surface area contributed by atoms with Gasteiger partial charge in [0.05, 0.1) is 5.56 Å². The van der Waals surface area contributed by atoms with E-state index in [1.165, 1.54) is 5.57 Å². The van der Waals surface area contributed by atoms with Crippen LogP contribution in [0.4, 0.5) is 0 Å². The molecule has 0 amide bonds. The molecule has 1 atom stereocenters. The van der Waals surface area contributed by atoms with E-state index in [0.717, 1.165) is 11.1 Å². The first-order chi connectivity index (χ1) is 8.74. The van der Waals surface area contributed by atoms with Gasteiger partial charge >= 0.3 is 5.97 Å². The molecule has 3 rings (SSSR count). The topological polar surface area (TPSA) is 37.3 Å². The summed E-state index contributed by atoms with van der Waals surface area (Å²) in [6.45, 7) is 0. The van der Waals surface area contributed by atoms with Gasteiger partial charge in [-0.05, 0) is 28.8 Å². The van der Waals surface area contributed by atoms with E-state index in [0.29, 0.717) is 5.56 Å². The van der Waals surface area contributed by atoms with Crippen molar-refractivity contribution < 1.29 is 9.90 Å². The van der Waals surface area contributed by atoms with Crippen LogP contribution in [0.3, 0.4) is 0 Å². The number of carboxylic acid groups (broad SMARTS) is 1. The van der Waals surface area contributed by atoms with Crippen molar-refractivity contribution in [1.82, 2.24) is 0 Å². The number of hydrogen-bond acceptors (Lipinski definition) is 1. The Morgan fingerprint density at radius 1 is 1.06 bits per heavy atom. The zero-order valence-electron chi connectivity index (χ0n) is 9.71. The fraction of sp³-hybridized carbons (Fsp3) is 0.0625. The molecular formula is C16H12O2. The lowest BCUT2D eigenvalue weighted by Crippen LogP contribution is -1.97. The van der Waals surface area contributed by atoms with Crippen LogP contribution in [0.1, 0.15) is 21.5 Å². The minimum Gasteiger partial charge on any atom is -0.478 e. The number of allylic oxidation sites excluding steroid dienone is 6. The van der Waals surface area contributed by atoms with Gasteiger partial charge in [0.2, 0.25) is 0 Å². The third kappa shape index (κ3) is 1.82. The number of fused-ring (bicyclic) bond motifs is 2. The summed E-state index contributed by atoms with van der Waals surface area (Å²) in [7, 11) is 0. The van der Waals surface area contributed by atoms with Crippen molar-refractivity contribution in [3.63, 3.8) is 0 Å². The average Bonchev–Trinajstić information content (AvgIpc) is 2.56. The van der Waals surface area contributed by atoms with E-state index in [4.69, 9.17) is 5.11 Å². The molecule has 88 valence electrons. The molecule has 2 aliphatic carbocycles. The maximum atomic E-state index is 11.0. The first kappa shape index (κ1) is 10.8. The lowest BCUT2D eigenvalue weighted by atomic mass is 9.94. The predicted octanol–water partition coefficient (Wildman–Crippen LogP) is 3.54. The van der Waals surface area contributed by atoms with Gasteiger partial charge in [0.15, 0.2) is 0 Å².